The highest BCUT2D eigenvalue weighted by molar-refractivity contribution is 6.30. The maximum atomic E-state index is 12.8. The fraction of sp³-hybridized carbons (Fsp3) is 0.0909. The Morgan fingerprint density at radius 3 is 2.15 bits per heavy atom. The average Bonchev–Trinajstić information content (AvgIpc) is 2.72. The molecule has 1 amide bonds. The molecule has 0 bridgehead atoms. The second-order valence-corrected chi connectivity index (χ2v) is 6.35. The lowest BCUT2D eigenvalue weighted by Gasteiger charge is -2.10. The highest BCUT2D eigenvalue weighted by Gasteiger charge is 2.17. The smallest absolute Gasteiger partial charge is 0.252 e. The Bertz CT molecular complexity index is 950. The molecule has 0 atom stereocenters. The van der Waals surface area contributed by atoms with E-state index in [2.05, 4.69) is 5.32 Å². The van der Waals surface area contributed by atoms with Crippen molar-refractivity contribution in [3.63, 3.8) is 0 Å². The highest BCUT2D eigenvalue weighted by Crippen LogP contribution is 2.17. The van der Waals surface area contributed by atoms with Gasteiger partial charge in [-0.25, -0.2) is 0 Å². The number of carbonyl (C=O) groups is 2. The van der Waals surface area contributed by atoms with Crippen LogP contribution < -0.4 is 10.1 Å². The van der Waals surface area contributed by atoms with Crippen LogP contribution in [0.4, 0.5) is 0 Å². The third-order valence-electron chi connectivity index (χ3n) is 4.13. The van der Waals surface area contributed by atoms with E-state index in [1.807, 2.05) is 24.3 Å². The topological polar surface area (TPSA) is 55.4 Å². The Balaban J connectivity index is 1.76. The number of halogens is 1. The third-order valence-corrected chi connectivity index (χ3v) is 4.39. The van der Waals surface area contributed by atoms with Crippen LogP contribution >= 0.6 is 11.6 Å². The summed E-state index contributed by atoms with van der Waals surface area (Å²) in [4.78, 5) is 25.4. The Hall–Kier alpha value is -3.11. The quantitative estimate of drug-likeness (QED) is 0.641. The number of methoxy groups -OCH3 is 1. The largest absolute Gasteiger partial charge is 0.497 e. The summed E-state index contributed by atoms with van der Waals surface area (Å²) < 4.78 is 5.12. The van der Waals surface area contributed by atoms with Gasteiger partial charge in [-0.2, -0.15) is 0 Å². The van der Waals surface area contributed by atoms with Crippen LogP contribution in [0.3, 0.4) is 0 Å². The molecule has 27 heavy (non-hydrogen) atoms. The molecule has 0 radical (unpaired) electrons. The van der Waals surface area contributed by atoms with Crippen molar-refractivity contribution < 1.29 is 14.3 Å². The van der Waals surface area contributed by atoms with Crippen LogP contribution in [-0.2, 0) is 6.54 Å². The van der Waals surface area contributed by atoms with Gasteiger partial charge in [0.1, 0.15) is 5.75 Å². The minimum absolute atomic E-state index is 0.220. The van der Waals surface area contributed by atoms with Crippen molar-refractivity contribution >= 4 is 23.3 Å². The van der Waals surface area contributed by atoms with Gasteiger partial charge in [-0.15, -0.1) is 0 Å². The third kappa shape index (κ3) is 4.54. The van der Waals surface area contributed by atoms with Crippen molar-refractivity contribution in [2.24, 2.45) is 0 Å². The first-order valence-electron chi connectivity index (χ1n) is 8.39. The standard InChI is InChI=1S/C22H18ClNO3/c1-27-18-12-6-15(7-13-18)14-24-22(26)20-5-3-2-4-19(20)21(25)16-8-10-17(23)11-9-16/h2-13H,14H2,1H3,(H,24,26). The van der Waals surface area contributed by atoms with E-state index in [4.69, 9.17) is 16.3 Å². The van der Waals surface area contributed by atoms with Gasteiger partial charge < -0.3 is 10.1 Å². The number of carbonyl (C=O) groups excluding carboxylic acids is 2. The van der Waals surface area contributed by atoms with E-state index in [1.165, 1.54) is 0 Å². The summed E-state index contributed by atoms with van der Waals surface area (Å²) in [5, 5.41) is 3.41. The molecule has 3 aromatic carbocycles. The van der Waals surface area contributed by atoms with Gasteiger partial charge >= 0.3 is 0 Å². The van der Waals surface area contributed by atoms with Crippen LogP contribution in [0, 0.1) is 0 Å². The first-order valence-corrected chi connectivity index (χ1v) is 8.76. The highest BCUT2D eigenvalue weighted by atomic mass is 35.5. The minimum Gasteiger partial charge on any atom is -0.497 e. The number of amides is 1. The van der Waals surface area contributed by atoms with E-state index < -0.39 is 0 Å². The Morgan fingerprint density at radius 2 is 1.52 bits per heavy atom. The van der Waals surface area contributed by atoms with E-state index in [0.29, 0.717) is 28.3 Å². The SMILES string of the molecule is COc1ccc(CNC(=O)c2ccccc2C(=O)c2ccc(Cl)cc2)cc1. The predicted molar refractivity (Wildman–Crippen MR) is 105 cm³/mol. The van der Waals surface area contributed by atoms with Gasteiger partial charge in [0.2, 0.25) is 0 Å². The summed E-state index contributed by atoms with van der Waals surface area (Å²) in [6, 6.07) is 20.8. The molecule has 3 aromatic rings. The lowest BCUT2D eigenvalue weighted by atomic mass is 9.98. The molecule has 0 fully saturated rings. The summed E-state index contributed by atoms with van der Waals surface area (Å²) in [5.74, 6) is 0.231. The van der Waals surface area contributed by atoms with E-state index in [9.17, 15) is 9.59 Å². The number of ether oxygens (including phenoxy) is 1. The van der Waals surface area contributed by atoms with Crippen molar-refractivity contribution in [2.75, 3.05) is 7.11 Å². The average molecular weight is 380 g/mol. The number of hydrogen-bond donors (Lipinski definition) is 1. The van der Waals surface area contributed by atoms with Crippen LogP contribution in [0.15, 0.2) is 72.8 Å². The number of rotatable bonds is 6. The van der Waals surface area contributed by atoms with Gasteiger partial charge in [-0.05, 0) is 48.0 Å². The first kappa shape index (κ1) is 18.7. The van der Waals surface area contributed by atoms with Gasteiger partial charge in [0.25, 0.3) is 5.91 Å². The Kier molecular flexibility index (Phi) is 5.89. The zero-order valence-corrected chi connectivity index (χ0v) is 15.5. The van der Waals surface area contributed by atoms with E-state index in [0.717, 1.165) is 11.3 Å². The monoisotopic (exact) mass is 379 g/mol. The summed E-state index contributed by atoms with van der Waals surface area (Å²) in [6.45, 7) is 0.353. The predicted octanol–water partition coefficient (Wildman–Crippen LogP) is 4.51. The fourth-order valence-corrected chi connectivity index (χ4v) is 2.78. The van der Waals surface area contributed by atoms with Crippen molar-refractivity contribution in [3.8, 4) is 5.75 Å². The number of ketones is 1. The molecule has 0 unspecified atom stereocenters. The second-order valence-electron chi connectivity index (χ2n) is 5.91. The maximum Gasteiger partial charge on any atom is 0.252 e. The molecule has 136 valence electrons. The summed E-state index contributed by atoms with van der Waals surface area (Å²) >= 11 is 5.88. The van der Waals surface area contributed by atoms with Gasteiger partial charge in [0.05, 0.1) is 12.7 Å². The van der Waals surface area contributed by atoms with E-state index in [-0.39, 0.29) is 11.7 Å². The van der Waals surface area contributed by atoms with E-state index >= 15 is 0 Å². The fourth-order valence-electron chi connectivity index (χ4n) is 2.66. The molecular formula is C22H18ClNO3. The zero-order valence-electron chi connectivity index (χ0n) is 14.7. The molecule has 0 aliphatic rings. The zero-order chi connectivity index (χ0) is 19.2. The Morgan fingerprint density at radius 1 is 0.889 bits per heavy atom. The maximum absolute atomic E-state index is 12.8. The molecule has 0 saturated heterocycles. The first-order chi connectivity index (χ1) is 13.1. The molecule has 0 aromatic heterocycles. The van der Waals surface area contributed by atoms with Gasteiger partial charge in [-0.1, -0.05) is 41.9 Å². The molecule has 0 aliphatic carbocycles. The van der Waals surface area contributed by atoms with Gasteiger partial charge in [0, 0.05) is 22.7 Å². The van der Waals surface area contributed by atoms with Crippen LogP contribution in [0.1, 0.15) is 31.8 Å². The number of hydrogen-bond acceptors (Lipinski definition) is 3. The van der Waals surface area contributed by atoms with Crippen LogP contribution in [0.2, 0.25) is 5.02 Å². The normalized spacial score (nSPS) is 10.3. The van der Waals surface area contributed by atoms with Crippen LogP contribution in [0.5, 0.6) is 5.75 Å². The van der Waals surface area contributed by atoms with Gasteiger partial charge in [-0.3, -0.25) is 9.59 Å². The molecule has 0 aliphatic heterocycles. The molecule has 0 saturated carbocycles. The summed E-state index contributed by atoms with van der Waals surface area (Å²) in [7, 11) is 1.60. The molecule has 3 rings (SSSR count). The van der Waals surface area contributed by atoms with Gasteiger partial charge in [0.15, 0.2) is 5.78 Å². The van der Waals surface area contributed by atoms with E-state index in [1.54, 1.807) is 55.6 Å². The Labute approximate surface area is 162 Å². The summed E-state index contributed by atoms with van der Waals surface area (Å²) in [5.41, 5.74) is 2.11. The lowest BCUT2D eigenvalue weighted by molar-refractivity contribution is 0.0939. The molecule has 5 heteroatoms. The van der Waals surface area contributed by atoms with Crippen molar-refractivity contribution in [1.82, 2.24) is 5.32 Å². The molecule has 0 spiro atoms. The second kappa shape index (κ2) is 8.52. The number of nitrogens with one attached hydrogen (secondary N) is 1. The molecule has 1 N–H and O–H groups in total. The molecule has 4 nitrogen and oxygen atoms in total. The summed E-state index contributed by atoms with van der Waals surface area (Å²) in [6.07, 6.45) is 0. The molecular weight excluding hydrogens is 362 g/mol. The van der Waals surface area contributed by atoms with Crippen molar-refractivity contribution in [2.45, 2.75) is 6.54 Å². The van der Waals surface area contributed by atoms with Crippen LogP contribution in [0.25, 0.3) is 0 Å². The minimum atomic E-state index is -0.302. The van der Waals surface area contributed by atoms with Crippen LogP contribution in [-0.4, -0.2) is 18.8 Å². The number of benzene rings is 3. The van der Waals surface area contributed by atoms with Crippen molar-refractivity contribution in [3.05, 3.63) is 100 Å². The molecule has 0 heterocycles. The lowest BCUT2D eigenvalue weighted by Crippen LogP contribution is -2.25. The van der Waals surface area contributed by atoms with Crippen molar-refractivity contribution in [1.29, 1.82) is 0 Å².